The molecule has 0 spiro atoms. The molecule has 4 rings (SSSR count). The number of benzene rings is 1. The lowest BCUT2D eigenvalue weighted by atomic mass is 10.0. The molecule has 118 valence electrons. The molecule has 4 heteroatoms. The van der Waals surface area contributed by atoms with Gasteiger partial charge in [-0.05, 0) is 30.5 Å². The number of hydrogen-bond donors (Lipinski definition) is 3. The highest BCUT2D eigenvalue weighted by atomic mass is 16.3. The third-order valence-corrected chi connectivity index (χ3v) is 5.04. The summed E-state index contributed by atoms with van der Waals surface area (Å²) in [5, 5.41) is 30.7. The van der Waals surface area contributed by atoms with E-state index in [2.05, 4.69) is 18.7 Å². The van der Waals surface area contributed by atoms with Crippen LogP contribution in [0, 0.1) is 0 Å². The molecule has 2 aromatic rings. The van der Waals surface area contributed by atoms with E-state index in [4.69, 9.17) is 0 Å². The van der Waals surface area contributed by atoms with Crippen LogP contribution in [0.25, 0.3) is 0 Å². The fourth-order valence-electron chi connectivity index (χ4n) is 3.93. The van der Waals surface area contributed by atoms with Crippen molar-refractivity contribution in [2.45, 2.75) is 30.7 Å². The van der Waals surface area contributed by atoms with E-state index in [9.17, 15) is 15.3 Å². The van der Waals surface area contributed by atoms with Gasteiger partial charge in [-0.15, -0.1) is 6.58 Å². The summed E-state index contributed by atoms with van der Waals surface area (Å²) >= 11 is 0. The molecule has 0 amide bonds. The quantitative estimate of drug-likeness (QED) is 0.754. The van der Waals surface area contributed by atoms with Crippen LogP contribution in [-0.2, 0) is 6.42 Å². The van der Waals surface area contributed by atoms with Gasteiger partial charge in [-0.3, -0.25) is 4.57 Å². The number of hydrogen-bond acceptors (Lipinski definition) is 3. The van der Waals surface area contributed by atoms with Crippen LogP contribution in [0.3, 0.4) is 0 Å². The Morgan fingerprint density at radius 3 is 2.13 bits per heavy atom. The molecule has 23 heavy (non-hydrogen) atoms. The lowest BCUT2D eigenvalue weighted by Gasteiger charge is -2.18. The van der Waals surface area contributed by atoms with Crippen LogP contribution >= 0.6 is 0 Å². The lowest BCUT2D eigenvalue weighted by molar-refractivity contribution is 0.346. The predicted molar refractivity (Wildman–Crippen MR) is 88.0 cm³/mol. The number of aromatic nitrogens is 1. The molecule has 0 aliphatic heterocycles. The van der Waals surface area contributed by atoms with Crippen LogP contribution in [0.5, 0.6) is 17.5 Å². The minimum absolute atomic E-state index is 0.151. The normalized spacial score (nSPS) is 22.3. The Morgan fingerprint density at radius 1 is 1.04 bits per heavy atom. The van der Waals surface area contributed by atoms with Crippen LogP contribution in [0.15, 0.2) is 49.1 Å². The molecule has 0 saturated heterocycles. The summed E-state index contributed by atoms with van der Waals surface area (Å²) < 4.78 is 1.58. The first-order valence-electron chi connectivity index (χ1n) is 7.84. The summed E-state index contributed by atoms with van der Waals surface area (Å²) in [6.45, 7) is 3.86. The number of fused-ring (bicyclic) bond motifs is 5. The lowest BCUT2D eigenvalue weighted by Crippen LogP contribution is -2.09. The second-order valence-electron chi connectivity index (χ2n) is 6.35. The van der Waals surface area contributed by atoms with Gasteiger partial charge < -0.3 is 15.3 Å². The van der Waals surface area contributed by atoms with E-state index in [1.54, 1.807) is 22.8 Å². The number of aromatic hydroxyl groups is 3. The predicted octanol–water partition coefficient (Wildman–Crippen LogP) is 3.72. The van der Waals surface area contributed by atoms with Gasteiger partial charge in [0.25, 0.3) is 0 Å². The Labute approximate surface area is 134 Å². The number of allylic oxidation sites excluding steroid dienone is 3. The molecule has 0 saturated carbocycles. The first kappa shape index (κ1) is 14.0. The Kier molecular flexibility index (Phi) is 3.01. The highest BCUT2D eigenvalue weighted by molar-refractivity contribution is 5.59. The van der Waals surface area contributed by atoms with Crippen molar-refractivity contribution in [1.29, 1.82) is 0 Å². The average molecular weight is 309 g/mol. The molecule has 2 aliphatic carbocycles. The topological polar surface area (TPSA) is 65.6 Å². The van der Waals surface area contributed by atoms with Gasteiger partial charge in [-0.25, -0.2) is 0 Å². The minimum Gasteiger partial charge on any atom is -0.508 e. The standard InChI is InChI=1S/C19H19NO3/c1-2-14(9-11-3-7-15(21)8-4-11)20-18(22)16-12-5-6-13(10-12)17(16)19(20)23/h2-8,12-14,21-23H,1,9-10H2. The molecule has 2 aliphatic rings. The maximum Gasteiger partial charge on any atom is 0.198 e. The van der Waals surface area contributed by atoms with E-state index in [-0.39, 0.29) is 35.4 Å². The van der Waals surface area contributed by atoms with E-state index < -0.39 is 0 Å². The van der Waals surface area contributed by atoms with Crippen LogP contribution < -0.4 is 0 Å². The zero-order valence-electron chi connectivity index (χ0n) is 12.7. The zero-order chi connectivity index (χ0) is 16.1. The fourth-order valence-corrected chi connectivity index (χ4v) is 3.93. The first-order valence-corrected chi connectivity index (χ1v) is 7.84. The molecule has 1 heterocycles. The van der Waals surface area contributed by atoms with Gasteiger partial charge in [-0.2, -0.15) is 0 Å². The van der Waals surface area contributed by atoms with E-state index in [1.165, 1.54) is 0 Å². The van der Waals surface area contributed by atoms with Gasteiger partial charge in [0.2, 0.25) is 0 Å². The largest absolute Gasteiger partial charge is 0.508 e. The van der Waals surface area contributed by atoms with Gasteiger partial charge in [0.05, 0.1) is 6.04 Å². The number of phenolic OH excluding ortho intramolecular Hbond substituents is 1. The molecule has 0 fully saturated rings. The maximum absolute atomic E-state index is 10.7. The highest BCUT2D eigenvalue weighted by Gasteiger charge is 2.41. The Bertz CT molecular complexity index is 766. The van der Waals surface area contributed by atoms with Crippen molar-refractivity contribution in [1.82, 2.24) is 4.57 Å². The first-order chi connectivity index (χ1) is 11.1. The van der Waals surface area contributed by atoms with Crippen molar-refractivity contribution in [3.8, 4) is 17.5 Å². The maximum atomic E-state index is 10.7. The molecule has 4 nitrogen and oxygen atoms in total. The van der Waals surface area contributed by atoms with Crippen molar-refractivity contribution >= 4 is 0 Å². The number of nitrogens with zero attached hydrogens (tertiary/aromatic N) is 1. The molecule has 1 aromatic heterocycles. The van der Waals surface area contributed by atoms with Crippen molar-refractivity contribution in [3.05, 3.63) is 65.8 Å². The van der Waals surface area contributed by atoms with Crippen LogP contribution in [0.1, 0.15) is 41.0 Å². The highest BCUT2D eigenvalue weighted by Crippen LogP contribution is 2.57. The molecular formula is C19H19NO3. The summed E-state index contributed by atoms with van der Waals surface area (Å²) in [5.74, 6) is 0.941. The molecule has 2 bridgehead atoms. The average Bonchev–Trinajstić information content (AvgIpc) is 3.22. The van der Waals surface area contributed by atoms with E-state index in [0.717, 1.165) is 23.1 Å². The smallest absolute Gasteiger partial charge is 0.198 e. The fraction of sp³-hybridized carbons (Fsp3) is 0.263. The third-order valence-electron chi connectivity index (χ3n) is 5.04. The van der Waals surface area contributed by atoms with Gasteiger partial charge in [0, 0.05) is 23.0 Å². The second kappa shape index (κ2) is 4.95. The molecular weight excluding hydrogens is 290 g/mol. The van der Waals surface area contributed by atoms with Gasteiger partial charge in [0.15, 0.2) is 11.8 Å². The molecule has 3 N–H and O–H groups in total. The minimum atomic E-state index is -0.246. The summed E-state index contributed by atoms with van der Waals surface area (Å²) in [5.41, 5.74) is 2.74. The number of rotatable bonds is 4. The van der Waals surface area contributed by atoms with Gasteiger partial charge in [0.1, 0.15) is 5.75 Å². The van der Waals surface area contributed by atoms with E-state index in [1.807, 2.05) is 12.1 Å². The Hall–Kier alpha value is -2.62. The second-order valence-corrected chi connectivity index (χ2v) is 6.35. The molecule has 1 aromatic carbocycles. The van der Waals surface area contributed by atoms with Gasteiger partial charge in [-0.1, -0.05) is 30.4 Å². The van der Waals surface area contributed by atoms with Gasteiger partial charge >= 0.3 is 0 Å². The third kappa shape index (κ3) is 1.98. The zero-order valence-corrected chi connectivity index (χ0v) is 12.7. The van der Waals surface area contributed by atoms with Crippen LogP contribution in [0.4, 0.5) is 0 Å². The molecule has 3 atom stereocenters. The molecule has 3 unspecified atom stereocenters. The Morgan fingerprint density at radius 2 is 1.61 bits per heavy atom. The van der Waals surface area contributed by atoms with Crippen molar-refractivity contribution < 1.29 is 15.3 Å². The summed E-state index contributed by atoms with van der Waals surface area (Å²) in [7, 11) is 0. The Balaban J connectivity index is 1.72. The molecule has 0 radical (unpaired) electrons. The van der Waals surface area contributed by atoms with Crippen molar-refractivity contribution in [2.75, 3.05) is 0 Å². The van der Waals surface area contributed by atoms with Crippen molar-refractivity contribution in [2.24, 2.45) is 0 Å². The monoisotopic (exact) mass is 309 g/mol. The van der Waals surface area contributed by atoms with E-state index >= 15 is 0 Å². The van der Waals surface area contributed by atoms with Crippen molar-refractivity contribution in [3.63, 3.8) is 0 Å². The summed E-state index contributed by atoms with van der Waals surface area (Å²) in [6, 6.07) is 6.69. The van der Waals surface area contributed by atoms with Crippen LogP contribution in [-0.4, -0.2) is 19.9 Å². The van der Waals surface area contributed by atoms with E-state index in [0.29, 0.717) is 6.42 Å². The van der Waals surface area contributed by atoms with Crippen LogP contribution in [0.2, 0.25) is 0 Å². The summed E-state index contributed by atoms with van der Waals surface area (Å²) in [4.78, 5) is 0. The summed E-state index contributed by atoms with van der Waals surface area (Å²) in [6.07, 6.45) is 7.49. The SMILES string of the molecule is C=CC(Cc1ccc(O)cc1)n1c(O)c2c(c1O)C1C=CC2C1. The number of phenols is 1.